The molecule has 34 heavy (non-hydrogen) atoms. The van der Waals surface area contributed by atoms with Crippen LogP contribution in [0.5, 0.6) is 11.5 Å². The maximum atomic E-state index is 13.2. The Morgan fingerprint density at radius 2 is 1.71 bits per heavy atom. The number of amides is 1. The summed E-state index contributed by atoms with van der Waals surface area (Å²) in [7, 11) is 1.61. The van der Waals surface area contributed by atoms with Gasteiger partial charge < -0.3 is 9.47 Å². The van der Waals surface area contributed by atoms with E-state index in [4.69, 9.17) is 14.5 Å². The number of ether oxygens (including phenoxy) is 2. The molecule has 1 aliphatic rings. The average Bonchev–Trinajstić information content (AvgIpc) is 3.14. The van der Waals surface area contributed by atoms with Crippen LogP contribution in [0.3, 0.4) is 0 Å². The molecular formula is C27H25BrN2O3S. The van der Waals surface area contributed by atoms with E-state index in [1.807, 2.05) is 92.7 Å². The average molecular weight is 537 g/mol. The number of nitrogens with zero attached hydrogens (tertiary/aromatic N) is 2. The van der Waals surface area contributed by atoms with Crippen LogP contribution in [0.15, 0.2) is 87.2 Å². The number of aliphatic imine (C=N–C) groups is 1. The van der Waals surface area contributed by atoms with E-state index in [9.17, 15) is 4.79 Å². The lowest BCUT2D eigenvalue weighted by molar-refractivity contribution is -0.123. The van der Waals surface area contributed by atoms with Crippen molar-refractivity contribution in [3.8, 4) is 11.5 Å². The van der Waals surface area contributed by atoms with Crippen molar-refractivity contribution in [1.29, 1.82) is 0 Å². The van der Waals surface area contributed by atoms with Gasteiger partial charge in [0.25, 0.3) is 5.91 Å². The van der Waals surface area contributed by atoms with E-state index in [2.05, 4.69) is 15.9 Å². The molecule has 7 heteroatoms. The molecule has 1 heterocycles. The highest BCUT2D eigenvalue weighted by molar-refractivity contribution is 9.10. The maximum Gasteiger partial charge on any atom is 0.266 e. The molecule has 3 aromatic rings. The number of hydrogen-bond donors (Lipinski definition) is 0. The van der Waals surface area contributed by atoms with E-state index < -0.39 is 0 Å². The van der Waals surface area contributed by atoms with Crippen LogP contribution in [-0.4, -0.2) is 29.1 Å². The molecular weight excluding hydrogens is 512 g/mol. The van der Waals surface area contributed by atoms with E-state index in [0.29, 0.717) is 28.2 Å². The first-order chi connectivity index (χ1) is 16.5. The first kappa shape index (κ1) is 24.1. The molecule has 0 aromatic heterocycles. The number of para-hydroxylation sites is 1. The molecule has 0 N–H and O–H groups in total. The predicted molar refractivity (Wildman–Crippen MR) is 143 cm³/mol. The minimum Gasteiger partial charge on any atom is -0.493 e. The Kier molecular flexibility index (Phi) is 7.75. The molecule has 3 aromatic carbocycles. The number of carbonyl (C=O) groups is 1. The van der Waals surface area contributed by atoms with E-state index in [-0.39, 0.29) is 11.9 Å². The lowest BCUT2D eigenvalue weighted by Crippen LogP contribution is -2.35. The third-order valence-corrected chi connectivity index (χ3v) is 6.81. The Balaban J connectivity index is 1.62. The zero-order chi connectivity index (χ0) is 24.1. The number of thioether (sulfide) groups is 1. The molecule has 0 atom stereocenters. The second-order valence-electron chi connectivity index (χ2n) is 7.91. The third kappa shape index (κ3) is 5.54. The Hall–Kier alpha value is -3.03. The molecule has 0 aliphatic carbocycles. The number of amidine groups is 1. The van der Waals surface area contributed by atoms with Gasteiger partial charge in [0.05, 0.1) is 17.7 Å². The van der Waals surface area contributed by atoms with Gasteiger partial charge in [0.15, 0.2) is 16.7 Å². The fourth-order valence-corrected chi connectivity index (χ4v) is 4.99. The zero-order valence-corrected chi connectivity index (χ0v) is 21.6. The molecule has 1 fully saturated rings. The molecule has 0 unspecified atom stereocenters. The second kappa shape index (κ2) is 10.9. The van der Waals surface area contributed by atoms with Crippen LogP contribution in [0.1, 0.15) is 25.0 Å². The van der Waals surface area contributed by atoms with E-state index in [1.165, 1.54) is 11.8 Å². The summed E-state index contributed by atoms with van der Waals surface area (Å²) in [5.74, 6) is 1.16. The summed E-state index contributed by atoms with van der Waals surface area (Å²) in [5, 5.41) is 0.670. The standard InChI is InChI=1S/C27H25BrN2O3S/c1-18(2)30-26(31)25(34-27(30)29-21-12-8-5-9-13-21)15-20-14-23(32-3)24(16-22(20)28)33-17-19-10-6-4-7-11-19/h4-16,18H,17H2,1-3H3/b25-15+,29-27?. The molecule has 1 saturated heterocycles. The number of benzene rings is 3. The fraction of sp³-hybridized carbons (Fsp3) is 0.185. The smallest absolute Gasteiger partial charge is 0.266 e. The molecule has 0 bridgehead atoms. The Morgan fingerprint density at radius 3 is 2.35 bits per heavy atom. The normalized spacial score (nSPS) is 16.0. The van der Waals surface area contributed by atoms with E-state index >= 15 is 0 Å². The summed E-state index contributed by atoms with van der Waals surface area (Å²) >= 11 is 5.01. The quantitative estimate of drug-likeness (QED) is 0.303. The van der Waals surface area contributed by atoms with Crippen molar-refractivity contribution in [1.82, 2.24) is 4.90 Å². The van der Waals surface area contributed by atoms with Gasteiger partial charge in [0.2, 0.25) is 0 Å². The van der Waals surface area contributed by atoms with Gasteiger partial charge in [-0.2, -0.15) is 0 Å². The molecule has 5 nitrogen and oxygen atoms in total. The molecule has 174 valence electrons. The van der Waals surface area contributed by atoms with Gasteiger partial charge >= 0.3 is 0 Å². The summed E-state index contributed by atoms with van der Waals surface area (Å²) in [6.45, 7) is 4.40. The first-order valence-electron chi connectivity index (χ1n) is 10.9. The monoisotopic (exact) mass is 536 g/mol. The third-order valence-electron chi connectivity index (χ3n) is 5.14. The van der Waals surface area contributed by atoms with Crippen LogP contribution in [0.25, 0.3) is 6.08 Å². The number of rotatable bonds is 7. The van der Waals surface area contributed by atoms with Crippen LogP contribution in [0.4, 0.5) is 5.69 Å². The fourth-order valence-electron chi connectivity index (χ4n) is 3.44. The molecule has 1 amide bonds. The first-order valence-corrected chi connectivity index (χ1v) is 12.5. The summed E-state index contributed by atoms with van der Waals surface area (Å²) < 4.78 is 12.4. The summed E-state index contributed by atoms with van der Waals surface area (Å²) in [6, 6.07) is 23.3. The zero-order valence-electron chi connectivity index (χ0n) is 19.2. The number of carbonyl (C=O) groups excluding carboxylic acids is 1. The maximum absolute atomic E-state index is 13.2. The van der Waals surface area contributed by atoms with Gasteiger partial charge in [-0.3, -0.25) is 9.69 Å². The van der Waals surface area contributed by atoms with Crippen LogP contribution in [-0.2, 0) is 11.4 Å². The molecule has 0 saturated carbocycles. The topological polar surface area (TPSA) is 51.1 Å². The van der Waals surface area contributed by atoms with Gasteiger partial charge in [-0.25, -0.2) is 4.99 Å². The molecule has 4 rings (SSSR count). The molecule has 0 spiro atoms. The van der Waals surface area contributed by atoms with Crippen LogP contribution < -0.4 is 9.47 Å². The van der Waals surface area contributed by atoms with Gasteiger partial charge in [0.1, 0.15) is 6.61 Å². The van der Waals surface area contributed by atoms with E-state index in [1.54, 1.807) is 12.0 Å². The summed E-state index contributed by atoms with van der Waals surface area (Å²) in [4.78, 5) is 20.3. The lowest BCUT2D eigenvalue weighted by Gasteiger charge is -2.19. The van der Waals surface area contributed by atoms with Crippen molar-refractivity contribution in [2.75, 3.05) is 7.11 Å². The SMILES string of the molecule is COc1cc(/C=C2/SC(=Nc3ccccc3)N(C(C)C)C2=O)c(Br)cc1OCc1ccccc1. The minimum absolute atomic E-state index is 0.0138. The number of halogens is 1. The number of methoxy groups -OCH3 is 1. The van der Waals surface area contributed by atoms with Crippen LogP contribution >= 0.6 is 27.7 Å². The van der Waals surface area contributed by atoms with Gasteiger partial charge in [-0.1, -0.05) is 64.5 Å². The minimum atomic E-state index is -0.0649. The second-order valence-corrected chi connectivity index (χ2v) is 9.77. The van der Waals surface area contributed by atoms with Gasteiger partial charge in [-0.05, 0) is 67.1 Å². The van der Waals surface area contributed by atoms with Gasteiger partial charge in [0, 0.05) is 10.5 Å². The van der Waals surface area contributed by atoms with Crippen LogP contribution in [0, 0.1) is 0 Å². The highest BCUT2D eigenvalue weighted by Crippen LogP contribution is 2.39. The molecule has 1 aliphatic heterocycles. The lowest BCUT2D eigenvalue weighted by atomic mass is 10.1. The summed E-state index contributed by atoms with van der Waals surface area (Å²) in [5.41, 5.74) is 2.70. The highest BCUT2D eigenvalue weighted by atomic mass is 79.9. The van der Waals surface area contributed by atoms with E-state index in [0.717, 1.165) is 21.3 Å². The predicted octanol–water partition coefficient (Wildman–Crippen LogP) is 7.05. The highest BCUT2D eigenvalue weighted by Gasteiger charge is 2.35. The van der Waals surface area contributed by atoms with Crippen molar-refractivity contribution in [2.45, 2.75) is 26.5 Å². The number of hydrogen-bond acceptors (Lipinski definition) is 5. The van der Waals surface area contributed by atoms with Crippen molar-refractivity contribution < 1.29 is 14.3 Å². The Labute approximate surface area is 212 Å². The Morgan fingerprint density at radius 1 is 1.03 bits per heavy atom. The summed E-state index contributed by atoms with van der Waals surface area (Å²) in [6.07, 6.45) is 1.86. The molecule has 0 radical (unpaired) electrons. The van der Waals surface area contributed by atoms with Crippen molar-refractivity contribution >= 4 is 50.5 Å². The van der Waals surface area contributed by atoms with Crippen LogP contribution in [0.2, 0.25) is 0 Å². The Bertz CT molecular complexity index is 1230. The van der Waals surface area contributed by atoms with Crippen molar-refractivity contribution in [2.24, 2.45) is 4.99 Å². The largest absolute Gasteiger partial charge is 0.493 e. The van der Waals surface area contributed by atoms with Crippen molar-refractivity contribution in [3.63, 3.8) is 0 Å². The van der Waals surface area contributed by atoms with Gasteiger partial charge in [-0.15, -0.1) is 0 Å². The van der Waals surface area contributed by atoms with Crippen molar-refractivity contribution in [3.05, 3.63) is 93.3 Å².